The van der Waals surface area contributed by atoms with Crippen molar-refractivity contribution in [3.8, 4) is 0 Å². The van der Waals surface area contributed by atoms with Crippen LogP contribution in [0.4, 0.5) is 11.4 Å². The van der Waals surface area contributed by atoms with E-state index in [0.29, 0.717) is 16.9 Å². The van der Waals surface area contributed by atoms with Crippen LogP contribution in [0.3, 0.4) is 0 Å². The molecule has 2 aliphatic carbocycles. The number of benzene rings is 2. The van der Waals surface area contributed by atoms with Crippen molar-refractivity contribution in [2.24, 2.45) is 23.7 Å². The summed E-state index contributed by atoms with van der Waals surface area (Å²) in [7, 11) is 0. The van der Waals surface area contributed by atoms with Crippen LogP contribution >= 0.6 is 0 Å². The van der Waals surface area contributed by atoms with Gasteiger partial charge in [0, 0.05) is 5.69 Å². The molecule has 0 spiro atoms. The predicted octanol–water partition coefficient (Wildman–Crippen LogP) is 4.26. The molecule has 1 saturated carbocycles. The van der Waals surface area contributed by atoms with Gasteiger partial charge in [0.15, 0.2) is 0 Å². The van der Waals surface area contributed by atoms with E-state index in [-0.39, 0.29) is 41.4 Å². The number of anilines is 2. The van der Waals surface area contributed by atoms with Gasteiger partial charge in [0.2, 0.25) is 11.8 Å². The Balaban J connectivity index is 1.48. The zero-order valence-electron chi connectivity index (χ0n) is 17.3. The fraction of sp³-hybridized carbons (Fsp3) is 0.320. The van der Waals surface area contributed by atoms with E-state index in [1.165, 1.54) is 10.5 Å². The van der Waals surface area contributed by atoms with Crippen LogP contribution in [0.5, 0.6) is 0 Å². The third-order valence-electron chi connectivity index (χ3n) is 6.75. The Kier molecular flexibility index (Phi) is 4.17. The van der Waals surface area contributed by atoms with E-state index in [1.54, 1.807) is 24.3 Å². The number of carbonyl (C=O) groups excluding carboxylic acids is 3. The van der Waals surface area contributed by atoms with Crippen LogP contribution in [0.1, 0.15) is 34.8 Å². The molecule has 2 bridgehead atoms. The third kappa shape index (κ3) is 2.72. The van der Waals surface area contributed by atoms with Gasteiger partial charge in [0.05, 0.1) is 23.1 Å². The van der Waals surface area contributed by atoms with Crippen molar-refractivity contribution in [2.45, 2.75) is 27.2 Å². The maximum absolute atomic E-state index is 13.3. The van der Waals surface area contributed by atoms with Crippen LogP contribution < -0.4 is 10.2 Å². The van der Waals surface area contributed by atoms with Gasteiger partial charge in [-0.05, 0) is 74.4 Å². The van der Waals surface area contributed by atoms with Crippen LogP contribution in [-0.4, -0.2) is 17.7 Å². The highest BCUT2D eigenvalue weighted by atomic mass is 16.2. The highest BCUT2D eigenvalue weighted by molar-refractivity contribution is 6.25. The average Bonchev–Trinajstić information content (AvgIpc) is 3.31. The SMILES string of the molecule is CC1=C[C@H]2C[C@H]1[C@@H]1C(=O)N(c3ccccc3C(=O)Nc3cc(C)cc(C)c3)C(=O)[C@@H]12. The second-order valence-corrected chi connectivity index (χ2v) is 8.83. The largest absolute Gasteiger partial charge is 0.322 e. The van der Waals surface area contributed by atoms with Crippen LogP contribution in [-0.2, 0) is 9.59 Å². The summed E-state index contributed by atoms with van der Waals surface area (Å²) in [5.41, 5.74) is 4.71. The smallest absolute Gasteiger partial charge is 0.257 e. The summed E-state index contributed by atoms with van der Waals surface area (Å²) in [5.74, 6) is -0.963. The molecule has 30 heavy (non-hydrogen) atoms. The summed E-state index contributed by atoms with van der Waals surface area (Å²) in [4.78, 5) is 40.9. The summed E-state index contributed by atoms with van der Waals surface area (Å²) in [6.07, 6.45) is 3.04. The molecule has 5 heteroatoms. The van der Waals surface area contributed by atoms with Crippen molar-refractivity contribution in [1.82, 2.24) is 0 Å². The van der Waals surface area contributed by atoms with Crippen molar-refractivity contribution in [1.29, 1.82) is 0 Å². The minimum atomic E-state index is -0.328. The van der Waals surface area contributed by atoms with Gasteiger partial charge in [0.25, 0.3) is 5.91 Å². The number of fused-ring (bicyclic) bond motifs is 5. The molecule has 2 fully saturated rings. The standard InChI is InChI=1S/C25H24N2O3/c1-13-8-14(2)10-17(9-13)26-23(28)18-6-4-5-7-20(18)27-24(29)21-16-11-15(3)19(12-16)22(21)25(27)30/h4-11,16,19,21-22H,12H2,1-3H3,(H,26,28)/t16-,19+,21+,22-/m0/s1. The molecule has 1 N–H and O–H groups in total. The first-order valence-corrected chi connectivity index (χ1v) is 10.4. The van der Waals surface area contributed by atoms with Gasteiger partial charge in [-0.1, -0.05) is 29.8 Å². The fourth-order valence-electron chi connectivity index (χ4n) is 5.62. The molecule has 5 nitrogen and oxygen atoms in total. The summed E-state index contributed by atoms with van der Waals surface area (Å²) in [6, 6.07) is 12.7. The van der Waals surface area contributed by atoms with Gasteiger partial charge in [-0.3, -0.25) is 14.4 Å². The average molecular weight is 400 g/mol. The number of amides is 3. The second-order valence-electron chi connectivity index (χ2n) is 8.83. The molecule has 152 valence electrons. The van der Waals surface area contributed by atoms with Crippen molar-refractivity contribution in [2.75, 3.05) is 10.2 Å². The van der Waals surface area contributed by atoms with Crippen LogP contribution in [0, 0.1) is 37.5 Å². The third-order valence-corrected chi connectivity index (χ3v) is 6.75. The first kappa shape index (κ1) is 18.8. The number of para-hydroxylation sites is 1. The van der Waals surface area contributed by atoms with E-state index in [9.17, 15) is 14.4 Å². The number of rotatable bonds is 3. The summed E-state index contributed by atoms with van der Waals surface area (Å²) < 4.78 is 0. The van der Waals surface area contributed by atoms with Crippen molar-refractivity contribution < 1.29 is 14.4 Å². The van der Waals surface area contributed by atoms with E-state index in [4.69, 9.17) is 0 Å². The van der Waals surface area contributed by atoms with Gasteiger partial charge in [-0.2, -0.15) is 0 Å². The van der Waals surface area contributed by atoms with E-state index in [0.717, 1.165) is 17.5 Å². The topological polar surface area (TPSA) is 66.5 Å². The van der Waals surface area contributed by atoms with Gasteiger partial charge < -0.3 is 5.32 Å². The minimum Gasteiger partial charge on any atom is -0.322 e. The van der Waals surface area contributed by atoms with Crippen molar-refractivity contribution in [3.63, 3.8) is 0 Å². The van der Waals surface area contributed by atoms with Crippen LogP contribution in [0.2, 0.25) is 0 Å². The number of aryl methyl sites for hydroxylation is 2. The number of allylic oxidation sites excluding steroid dienone is 2. The van der Waals surface area contributed by atoms with E-state index >= 15 is 0 Å². The lowest BCUT2D eigenvalue weighted by Gasteiger charge is -2.20. The lowest BCUT2D eigenvalue weighted by atomic mass is 9.82. The molecule has 1 heterocycles. The molecule has 3 amide bonds. The first-order valence-electron chi connectivity index (χ1n) is 10.4. The number of imide groups is 1. The fourth-order valence-corrected chi connectivity index (χ4v) is 5.62. The summed E-state index contributed by atoms with van der Waals surface area (Å²) in [5, 5.41) is 2.92. The highest BCUT2D eigenvalue weighted by Crippen LogP contribution is 2.56. The zero-order chi connectivity index (χ0) is 21.2. The number of hydrogen-bond donors (Lipinski definition) is 1. The van der Waals surface area contributed by atoms with Crippen LogP contribution in [0.25, 0.3) is 0 Å². The molecule has 2 aromatic carbocycles. The van der Waals surface area contributed by atoms with Gasteiger partial charge in [-0.15, -0.1) is 0 Å². The number of carbonyl (C=O) groups is 3. The lowest BCUT2D eigenvalue weighted by molar-refractivity contribution is -0.123. The molecular formula is C25H24N2O3. The highest BCUT2D eigenvalue weighted by Gasteiger charge is 2.61. The monoisotopic (exact) mass is 400 g/mol. The van der Waals surface area contributed by atoms with Gasteiger partial charge in [0.1, 0.15) is 0 Å². The predicted molar refractivity (Wildman–Crippen MR) is 115 cm³/mol. The Morgan fingerprint density at radius 2 is 1.63 bits per heavy atom. The van der Waals surface area contributed by atoms with Crippen molar-refractivity contribution >= 4 is 29.1 Å². The minimum absolute atomic E-state index is 0.137. The molecule has 4 atom stereocenters. The summed E-state index contributed by atoms with van der Waals surface area (Å²) >= 11 is 0. The molecule has 0 unspecified atom stereocenters. The van der Waals surface area contributed by atoms with Gasteiger partial charge >= 0.3 is 0 Å². The first-order chi connectivity index (χ1) is 14.3. The number of nitrogens with one attached hydrogen (secondary N) is 1. The van der Waals surface area contributed by atoms with E-state index < -0.39 is 0 Å². The Labute approximate surface area is 175 Å². The van der Waals surface area contributed by atoms with Crippen molar-refractivity contribution in [3.05, 3.63) is 70.8 Å². The Hall–Kier alpha value is -3.21. The lowest BCUT2D eigenvalue weighted by Crippen LogP contribution is -2.34. The molecule has 3 aliphatic rings. The molecule has 5 rings (SSSR count). The van der Waals surface area contributed by atoms with E-state index in [2.05, 4.69) is 11.4 Å². The molecule has 1 saturated heterocycles. The number of nitrogens with zero attached hydrogens (tertiary/aromatic N) is 1. The normalized spacial score (nSPS) is 26.8. The van der Waals surface area contributed by atoms with E-state index in [1.807, 2.05) is 39.0 Å². The molecule has 0 aromatic heterocycles. The van der Waals surface area contributed by atoms with Gasteiger partial charge in [-0.25, -0.2) is 4.90 Å². The maximum Gasteiger partial charge on any atom is 0.257 e. The molecular weight excluding hydrogens is 376 g/mol. The Morgan fingerprint density at radius 3 is 2.37 bits per heavy atom. The summed E-state index contributed by atoms with van der Waals surface area (Å²) in [6.45, 7) is 6.00. The Bertz CT molecular complexity index is 1110. The number of hydrogen-bond acceptors (Lipinski definition) is 3. The maximum atomic E-state index is 13.3. The molecule has 2 aromatic rings. The Morgan fingerprint density at radius 1 is 0.967 bits per heavy atom. The second kappa shape index (κ2) is 6.66. The quantitative estimate of drug-likeness (QED) is 0.618. The zero-order valence-corrected chi connectivity index (χ0v) is 17.3. The van der Waals surface area contributed by atoms with Crippen LogP contribution in [0.15, 0.2) is 54.1 Å². The molecule has 0 radical (unpaired) electrons. The molecule has 1 aliphatic heterocycles.